The molecule has 0 atom stereocenters. The zero-order valence-electron chi connectivity index (χ0n) is 9.91. The highest BCUT2D eigenvalue weighted by Gasteiger charge is 2.25. The molecule has 0 bridgehead atoms. The van der Waals surface area contributed by atoms with Gasteiger partial charge in [0.2, 0.25) is 0 Å². The Morgan fingerprint density at radius 3 is 2.31 bits per heavy atom. The monoisotopic (exact) mass is 241 g/mol. The van der Waals surface area contributed by atoms with Gasteiger partial charge in [-0.1, -0.05) is 32.6 Å². The maximum Gasteiger partial charge on any atom is 0.401 e. The minimum atomic E-state index is -4.12. The van der Waals surface area contributed by atoms with E-state index in [4.69, 9.17) is 4.74 Å². The SMILES string of the molecule is CCCCCCCOCCNCC(F)(F)F. The lowest BCUT2D eigenvalue weighted by Gasteiger charge is -2.08. The molecule has 98 valence electrons. The van der Waals surface area contributed by atoms with E-state index in [0.29, 0.717) is 13.2 Å². The van der Waals surface area contributed by atoms with Gasteiger partial charge >= 0.3 is 6.18 Å². The average Bonchev–Trinajstić information content (AvgIpc) is 2.19. The number of hydrogen-bond acceptors (Lipinski definition) is 2. The second-order valence-electron chi connectivity index (χ2n) is 3.82. The maximum absolute atomic E-state index is 11.7. The third-order valence-corrected chi connectivity index (χ3v) is 2.14. The van der Waals surface area contributed by atoms with Crippen molar-refractivity contribution in [1.82, 2.24) is 5.32 Å². The van der Waals surface area contributed by atoms with Crippen LogP contribution in [0.1, 0.15) is 39.0 Å². The summed E-state index contributed by atoms with van der Waals surface area (Å²) in [4.78, 5) is 0. The first-order valence-electron chi connectivity index (χ1n) is 5.91. The first-order chi connectivity index (χ1) is 7.56. The Morgan fingerprint density at radius 2 is 1.69 bits per heavy atom. The van der Waals surface area contributed by atoms with Gasteiger partial charge in [0, 0.05) is 13.2 Å². The molecule has 0 radical (unpaired) electrons. The zero-order chi connectivity index (χ0) is 12.3. The molecular weight excluding hydrogens is 219 g/mol. The van der Waals surface area contributed by atoms with Crippen LogP contribution in [-0.4, -0.2) is 32.5 Å². The Bertz CT molecular complexity index is 151. The predicted octanol–water partition coefficient (Wildman–Crippen LogP) is 3.13. The van der Waals surface area contributed by atoms with Crippen molar-refractivity contribution in [1.29, 1.82) is 0 Å². The van der Waals surface area contributed by atoms with Crippen molar-refractivity contribution in [2.75, 3.05) is 26.3 Å². The van der Waals surface area contributed by atoms with Gasteiger partial charge in [-0.25, -0.2) is 0 Å². The Hall–Kier alpha value is -0.290. The molecule has 0 heterocycles. The van der Waals surface area contributed by atoms with Crippen molar-refractivity contribution in [2.45, 2.75) is 45.2 Å². The summed E-state index contributed by atoms with van der Waals surface area (Å²) >= 11 is 0. The van der Waals surface area contributed by atoms with Crippen LogP contribution >= 0.6 is 0 Å². The molecule has 16 heavy (non-hydrogen) atoms. The van der Waals surface area contributed by atoms with Crippen LogP contribution in [0.5, 0.6) is 0 Å². The molecule has 0 aromatic carbocycles. The molecule has 5 heteroatoms. The van der Waals surface area contributed by atoms with Gasteiger partial charge in [-0.2, -0.15) is 13.2 Å². The summed E-state index contributed by atoms with van der Waals surface area (Å²) in [5.41, 5.74) is 0. The minimum absolute atomic E-state index is 0.258. The Kier molecular flexibility index (Phi) is 9.72. The van der Waals surface area contributed by atoms with Crippen LogP contribution in [0.15, 0.2) is 0 Å². The van der Waals surface area contributed by atoms with Crippen LogP contribution in [0.25, 0.3) is 0 Å². The molecule has 2 nitrogen and oxygen atoms in total. The number of unbranched alkanes of at least 4 members (excludes halogenated alkanes) is 4. The molecule has 0 unspecified atom stereocenters. The number of alkyl halides is 3. The number of hydrogen-bond donors (Lipinski definition) is 1. The van der Waals surface area contributed by atoms with Crippen LogP contribution in [0.2, 0.25) is 0 Å². The highest BCUT2D eigenvalue weighted by atomic mass is 19.4. The van der Waals surface area contributed by atoms with Crippen molar-refractivity contribution in [3.63, 3.8) is 0 Å². The lowest BCUT2D eigenvalue weighted by atomic mass is 10.2. The highest BCUT2D eigenvalue weighted by Crippen LogP contribution is 2.11. The van der Waals surface area contributed by atoms with Crippen molar-refractivity contribution < 1.29 is 17.9 Å². The summed E-state index contributed by atoms with van der Waals surface area (Å²) < 4.78 is 40.3. The van der Waals surface area contributed by atoms with E-state index >= 15 is 0 Å². The highest BCUT2D eigenvalue weighted by molar-refractivity contribution is 4.54. The van der Waals surface area contributed by atoms with E-state index in [0.717, 1.165) is 12.8 Å². The Balaban J connectivity index is 2.99. The summed E-state index contributed by atoms with van der Waals surface area (Å²) in [6, 6.07) is 0. The number of ether oxygens (including phenoxy) is 1. The fourth-order valence-electron chi connectivity index (χ4n) is 1.28. The van der Waals surface area contributed by atoms with Gasteiger partial charge in [-0.05, 0) is 6.42 Å². The quantitative estimate of drug-likeness (QED) is 0.593. The van der Waals surface area contributed by atoms with Crippen LogP contribution in [0.3, 0.4) is 0 Å². The summed E-state index contributed by atoms with van der Waals surface area (Å²) in [7, 11) is 0. The Morgan fingerprint density at radius 1 is 1.00 bits per heavy atom. The molecule has 0 aliphatic carbocycles. The van der Waals surface area contributed by atoms with Crippen molar-refractivity contribution in [2.24, 2.45) is 0 Å². The summed E-state index contributed by atoms with van der Waals surface area (Å²) in [5.74, 6) is 0. The molecule has 0 spiro atoms. The summed E-state index contributed by atoms with van der Waals surface area (Å²) in [6.07, 6.45) is 1.69. The minimum Gasteiger partial charge on any atom is -0.380 e. The van der Waals surface area contributed by atoms with Crippen molar-refractivity contribution in [3.05, 3.63) is 0 Å². The van der Waals surface area contributed by atoms with Crippen molar-refractivity contribution in [3.8, 4) is 0 Å². The van der Waals surface area contributed by atoms with E-state index in [9.17, 15) is 13.2 Å². The van der Waals surface area contributed by atoms with Gasteiger partial charge in [-0.3, -0.25) is 0 Å². The molecule has 0 aromatic heterocycles. The van der Waals surface area contributed by atoms with Crippen LogP contribution in [0, 0.1) is 0 Å². The molecular formula is C11H22F3NO. The molecule has 0 saturated heterocycles. The van der Waals surface area contributed by atoms with Crippen molar-refractivity contribution >= 4 is 0 Å². The van der Waals surface area contributed by atoms with Crippen LogP contribution in [-0.2, 0) is 4.74 Å². The second-order valence-corrected chi connectivity index (χ2v) is 3.82. The van der Waals surface area contributed by atoms with Gasteiger partial charge in [0.05, 0.1) is 13.2 Å². The molecule has 0 rings (SSSR count). The van der Waals surface area contributed by atoms with E-state index < -0.39 is 12.7 Å². The van der Waals surface area contributed by atoms with Gasteiger partial charge in [-0.15, -0.1) is 0 Å². The van der Waals surface area contributed by atoms with Crippen LogP contribution in [0.4, 0.5) is 13.2 Å². The third kappa shape index (κ3) is 13.7. The predicted molar refractivity (Wildman–Crippen MR) is 58.5 cm³/mol. The topological polar surface area (TPSA) is 21.3 Å². The normalized spacial score (nSPS) is 12.0. The first-order valence-corrected chi connectivity index (χ1v) is 5.91. The molecule has 0 saturated carbocycles. The molecule has 0 aliphatic heterocycles. The van der Waals surface area contributed by atoms with E-state index in [1.165, 1.54) is 19.3 Å². The van der Waals surface area contributed by atoms with E-state index in [1.807, 2.05) is 0 Å². The first kappa shape index (κ1) is 15.7. The lowest BCUT2D eigenvalue weighted by Crippen LogP contribution is -2.31. The largest absolute Gasteiger partial charge is 0.401 e. The van der Waals surface area contributed by atoms with Gasteiger partial charge < -0.3 is 10.1 Å². The smallest absolute Gasteiger partial charge is 0.380 e. The van der Waals surface area contributed by atoms with E-state index in [1.54, 1.807) is 0 Å². The zero-order valence-corrected chi connectivity index (χ0v) is 9.91. The molecule has 0 aliphatic rings. The molecule has 0 amide bonds. The number of rotatable bonds is 10. The van der Waals surface area contributed by atoms with Gasteiger partial charge in [0.1, 0.15) is 0 Å². The van der Waals surface area contributed by atoms with Gasteiger partial charge in [0.25, 0.3) is 0 Å². The molecule has 0 fully saturated rings. The number of nitrogens with one attached hydrogen (secondary N) is 1. The van der Waals surface area contributed by atoms with Gasteiger partial charge in [0.15, 0.2) is 0 Å². The average molecular weight is 241 g/mol. The Labute approximate surface area is 95.5 Å². The maximum atomic E-state index is 11.7. The fourth-order valence-corrected chi connectivity index (χ4v) is 1.28. The summed E-state index contributed by atoms with van der Waals surface area (Å²) in [5, 5.41) is 2.29. The molecule has 1 N–H and O–H groups in total. The third-order valence-electron chi connectivity index (χ3n) is 2.14. The van der Waals surface area contributed by atoms with E-state index in [2.05, 4.69) is 12.2 Å². The number of halogens is 3. The second kappa shape index (κ2) is 9.90. The standard InChI is InChI=1S/C11H22F3NO/c1-2-3-4-5-6-8-16-9-7-15-10-11(12,13)14/h15H,2-10H2,1H3. The lowest BCUT2D eigenvalue weighted by molar-refractivity contribution is -0.125. The summed E-state index contributed by atoms with van der Waals surface area (Å²) in [6.45, 7) is 2.48. The molecule has 0 aromatic rings. The van der Waals surface area contributed by atoms with Crippen LogP contribution < -0.4 is 5.32 Å². The fraction of sp³-hybridized carbons (Fsp3) is 1.00. The van der Waals surface area contributed by atoms with E-state index in [-0.39, 0.29) is 6.54 Å².